The molecule has 0 spiro atoms. The minimum absolute atomic E-state index is 0.219. The monoisotopic (exact) mass is 424 g/mol. The zero-order chi connectivity index (χ0) is 21.8. The van der Waals surface area contributed by atoms with Crippen molar-refractivity contribution in [2.75, 3.05) is 0 Å². The third-order valence-corrected chi connectivity index (χ3v) is 8.15. The molecular formula is C29H38F2. The lowest BCUT2D eigenvalue weighted by molar-refractivity contribution is 0.112. The fourth-order valence-corrected chi connectivity index (χ4v) is 6.35. The summed E-state index contributed by atoms with van der Waals surface area (Å²) in [5.41, 5.74) is 1.46. The fourth-order valence-electron chi connectivity index (χ4n) is 6.35. The molecule has 0 aromatic heterocycles. The maximum Gasteiger partial charge on any atom is 0.134 e. The summed E-state index contributed by atoms with van der Waals surface area (Å²) >= 11 is 0. The Morgan fingerprint density at radius 3 is 2.61 bits per heavy atom. The maximum absolute atomic E-state index is 15.1. The van der Waals surface area contributed by atoms with Crippen molar-refractivity contribution in [1.29, 1.82) is 0 Å². The van der Waals surface area contributed by atoms with E-state index < -0.39 is 0 Å². The molecule has 0 N–H and O–H groups in total. The second kappa shape index (κ2) is 10.3. The van der Waals surface area contributed by atoms with Gasteiger partial charge in [0.05, 0.1) is 0 Å². The Hall–Kier alpha value is -1.70. The zero-order valence-electron chi connectivity index (χ0n) is 19.1. The average molecular weight is 425 g/mol. The van der Waals surface area contributed by atoms with Gasteiger partial charge < -0.3 is 0 Å². The van der Waals surface area contributed by atoms with Crippen molar-refractivity contribution in [3.05, 3.63) is 59.7 Å². The van der Waals surface area contributed by atoms with E-state index in [0.29, 0.717) is 17.4 Å². The number of benzene rings is 2. The summed E-state index contributed by atoms with van der Waals surface area (Å²) in [6, 6.07) is 7.22. The van der Waals surface area contributed by atoms with Crippen molar-refractivity contribution in [1.82, 2.24) is 0 Å². The van der Waals surface area contributed by atoms with Crippen LogP contribution in [-0.2, 0) is 6.42 Å². The van der Waals surface area contributed by atoms with Crippen molar-refractivity contribution in [3.63, 3.8) is 0 Å². The molecule has 2 aromatic carbocycles. The van der Waals surface area contributed by atoms with Crippen molar-refractivity contribution in [2.45, 2.75) is 89.9 Å². The van der Waals surface area contributed by atoms with Crippen LogP contribution in [0.2, 0.25) is 0 Å². The van der Waals surface area contributed by atoms with E-state index in [4.69, 9.17) is 0 Å². The normalized spacial score (nSPS) is 26.0. The Morgan fingerprint density at radius 1 is 1.00 bits per heavy atom. The Bertz CT molecular complexity index is 899. The summed E-state index contributed by atoms with van der Waals surface area (Å²) in [5.74, 6) is 2.30. The lowest BCUT2D eigenvalue weighted by Gasteiger charge is -2.42. The number of allylic oxidation sites excluding steroid dienone is 1. The van der Waals surface area contributed by atoms with Crippen molar-refractivity contribution < 1.29 is 8.78 Å². The first-order chi connectivity index (χ1) is 15.1. The van der Waals surface area contributed by atoms with E-state index >= 15 is 4.39 Å². The highest BCUT2D eigenvalue weighted by molar-refractivity contribution is 5.85. The van der Waals surface area contributed by atoms with Gasteiger partial charge in [-0.1, -0.05) is 57.2 Å². The first kappa shape index (κ1) is 22.5. The Balaban J connectivity index is 1.46. The molecule has 2 aromatic rings. The molecule has 168 valence electrons. The van der Waals surface area contributed by atoms with Gasteiger partial charge in [-0.15, -0.1) is 6.58 Å². The highest BCUT2D eigenvalue weighted by atomic mass is 19.1. The second-order valence-corrected chi connectivity index (χ2v) is 10.2. The molecule has 2 aliphatic rings. The lowest BCUT2D eigenvalue weighted by atomic mass is 9.63. The van der Waals surface area contributed by atoms with Crippen LogP contribution in [0.4, 0.5) is 8.78 Å². The van der Waals surface area contributed by atoms with Gasteiger partial charge >= 0.3 is 0 Å². The van der Waals surface area contributed by atoms with Gasteiger partial charge in [-0.25, -0.2) is 8.78 Å². The van der Waals surface area contributed by atoms with Crippen LogP contribution in [0, 0.1) is 29.4 Å². The van der Waals surface area contributed by atoms with Gasteiger partial charge in [-0.3, -0.25) is 0 Å². The molecule has 0 amide bonds. The summed E-state index contributed by atoms with van der Waals surface area (Å²) in [5, 5.41) is 1.25. The molecule has 2 heteroatoms. The molecule has 0 aliphatic heterocycles. The number of aryl methyl sites for hydroxylation is 1. The summed E-state index contributed by atoms with van der Waals surface area (Å²) in [7, 11) is 0. The Morgan fingerprint density at radius 2 is 1.81 bits per heavy atom. The first-order valence-corrected chi connectivity index (χ1v) is 12.6. The number of rotatable bonds is 8. The fraction of sp³-hybridized carbons (Fsp3) is 0.586. The van der Waals surface area contributed by atoms with Crippen LogP contribution in [0.5, 0.6) is 0 Å². The van der Waals surface area contributed by atoms with Gasteiger partial charge in [0, 0.05) is 5.39 Å². The predicted octanol–water partition coefficient (Wildman–Crippen LogP) is 9.12. The van der Waals surface area contributed by atoms with Crippen LogP contribution in [0.25, 0.3) is 10.8 Å². The molecule has 4 unspecified atom stereocenters. The molecular weight excluding hydrogens is 386 g/mol. The standard InChI is InChI=1S/C29H38F2/c1-3-5-7-8-20-10-11-23-17-24(15-13-22(23)16-20)26-18-25-14-12-21(9-6-4-2)29(31)27(25)19-28(26)30/h4,12,14,18-20,22-24H,2-3,5-11,13,15-17H2,1H3. The van der Waals surface area contributed by atoms with Crippen molar-refractivity contribution in [3.8, 4) is 0 Å². The maximum atomic E-state index is 15.1. The molecule has 2 aliphatic carbocycles. The van der Waals surface area contributed by atoms with Gasteiger partial charge in [0.1, 0.15) is 11.6 Å². The topological polar surface area (TPSA) is 0 Å². The van der Waals surface area contributed by atoms with Gasteiger partial charge in [0.2, 0.25) is 0 Å². The van der Waals surface area contributed by atoms with E-state index in [2.05, 4.69) is 13.5 Å². The highest BCUT2D eigenvalue weighted by Gasteiger charge is 2.36. The third-order valence-electron chi connectivity index (χ3n) is 8.15. The molecule has 0 saturated heterocycles. The Kier molecular flexibility index (Phi) is 7.46. The SMILES string of the molecule is C=CCCc1ccc2cc(C3CCC4CC(CCCCC)CCC4C3)c(F)cc2c1F. The molecule has 0 radical (unpaired) electrons. The quantitative estimate of drug-likeness (QED) is 0.293. The minimum atomic E-state index is -0.269. The molecule has 4 rings (SSSR count). The van der Waals surface area contributed by atoms with Crippen LogP contribution in [0.1, 0.15) is 94.6 Å². The molecule has 0 nitrogen and oxygen atoms in total. The van der Waals surface area contributed by atoms with E-state index in [-0.39, 0.29) is 17.6 Å². The summed E-state index contributed by atoms with van der Waals surface area (Å²) < 4.78 is 30.1. The third kappa shape index (κ3) is 5.04. The van der Waals surface area contributed by atoms with Crippen molar-refractivity contribution in [2.24, 2.45) is 17.8 Å². The van der Waals surface area contributed by atoms with E-state index in [1.807, 2.05) is 18.2 Å². The molecule has 0 bridgehead atoms. The summed E-state index contributed by atoms with van der Waals surface area (Å²) in [6.07, 6.45) is 16.1. The second-order valence-electron chi connectivity index (χ2n) is 10.2. The van der Waals surface area contributed by atoms with E-state index in [0.717, 1.165) is 48.0 Å². The van der Waals surface area contributed by atoms with Crippen LogP contribution in [0.3, 0.4) is 0 Å². The van der Waals surface area contributed by atoms with Gasteiger partial charge in [0.15, 0.2) is 0 Å². The van der Waals surface area contributed by atoms with Crippen molar-refractivity contribution >= 4 is 10.8 Å². The molecule has 0 heterocycles. The van der Waals surface area contributed by atoms with Gasteiger partial charge in [-0.2, -0.15) is 0 Å². The largest absolute Gasteiger partial charge is 0.207 e. The smallest absolute Gasteiger partial charge is 0.134 e. The van der Waals surface area contributed by atoms with E-state index in [1.165, 1.54) is 57.4 Å². The number of fused-ring (bicyclic) bond motifs is 2. The highest BCUT2D eigenvalue weighted by Crippen LogP contribution is 2.49. The lowest BCUT2D eigenvalue weighted by Crippen LogP contribution is -2.30. The molecule has 4 atom stereocenters. The zero-order valence-corrected chi connectivity index (χ0v) is 19.1. The van der Waals surface area contributed by atoms with E-state index in [9.17, 15) is 4.39 Å². The summed E-state index contributed by atoms with van der Waals surface area (Å²) in [4.78, 5) is 0. The number of unbranched alkanes of at least 4 members (excludes halogenated alkanes) is 2. The van der Waals surface area contributed by atoms with Crippen LogP contribution in [-0.4, -0.2) is 0 Å². The molecule has 2 saturated carbocycles. The predicted molar refractivity (Wildman–Crippen MR) is 127 cm³/mol. The molecule has 31 heavy (non-hydrogen) atoms. The van der Waals surface area contributed by atoms with Crippen LogP contribution >= 0.6 is 0 Å². The van der Waals surface area contributed by atoms with Gasteiger partial charge in [0.25, 0.3) is 0 Å². The Labute approximate surface area is 187 Å². The van der Waals surface area contributed by atoms with Crippen LogP contribution < -0.4 is 0 Å². The number of hydrogen-bond acceptors (Lipinski definition) is 0. The van der Waals surface area contributed by atoms with Gasteiger partial charge in [-0.05, 0) is 97.3 Å². The minimum Gasteiger partial charge on any atom is -0.207 e. The summed E-state index contributed by atoms with van der Waals surface area (Å²) in [6.45, 7) is 5.99. The number of halogens is 2. The van der Waals surface area contributed by atoms with E-state index in [1.54, 1.807) is 6.08 Å². The van der Waals surface area contributed by atoms with Crippen LogP contribution in [0.15, 0.2) is 36.9 Å². The average Bonchev–Trinajstić information content (AvgIpc) is 2.78. The molecule has 2 fully saturated rings. The first-order valence-electron chi connectivity index (χ1n) is 12.6. The number of hydrogen-bond donors (Lipinski definition) is 0.